The first-order valence-electron chi connectivity index (χ1n) is 10.8. The van der Waals surface area contributed by atoms with Crippen molar-refractivity contribution in [2.45, 2.75) is 20.0 Å². The lowest BCUT2D eigenvalue weighted by Gasteiger charge is -2.27. The minimum atomic E-state index is 0.00469. The molecule has 0 radical (unpaired) electrons. The number of aromatic amines is 1. The summed E-state index contributed by atoms with van der Waals surface area (Å²) in [4.78, 5) is 24.6. The average molecular weight is 427 g/mol. The average Bonchev–Trinajstić information content (AvgIpc) is 3.04. The van der Waals surface area contributed by atoms with Crippen LogP contribution in [0.1, 0.15) is 17.0 Å². The number of aryl methyl sites for hydroxylation is 1. The molecule has 1 aromatic heterocycles. The van der Waals surface area contributed by atoms with E-state index in [9.17, 15) is 4.79 Å². The molecule has 6 nitrogen and oxygen atoms in total. The molecule has 1 aliphatic heterocycles. The Balaban J connectivity index is 1.38. The van der Waals surface area contributed by atoms with Gasteiger partial charge in [0.2, 0.25) is 0 Å². The van der Waals surface area contributed by atoms with Gasteiger partial charge in [0.05, 0.1) is 24.1 Å². The summed E-state index contributed by atoms with van der Waals surface area (Å²) >= 11 is 0. The molecule has 0 fully saturated rings. The van der Waals surface area contributed by atoms with Crippen LogP contribution in [0.5, 0.6) is 5.75 Å². The third-order valence-electron chi connectivity index (χ3n) is 5.83. The Morgan fingerprint density at radius 1 is 1.09 bits per heavy atom. The lowest BCUT2D eigenvalue weighted by molar-refractivity contribution is 0.153. The van der Waals surface area contributed by atoms with Crippen molar-refractivity contribution < 1.29 is 9.53 Å². The highest BCUT2D eigenvalue weighted by Gasteiger charge is 2.23. The lowest BCUT2D eigenvalue weighted by atomic mass is 10.0. The van der Waals surface area contributed by atoms with Crippen molar-refractivity contribution >= 4 is 17.1 Å². The highest BCUT2D eigenvalue weighted by Crippen LogP contribution is 2.31. The van der Waals surface area contributed by atoms with Crippen molar-refractivity contribution in [3.8, 4) is 16.9 Å². The molecule has 6 heteroatoms. The van der Waals surface area contributed by atoms with E-state index in [0.717, 1.165) is 44.9 Å². The first-order valence-corrected chi connectivity index (χ1v) is 10.8. The first kappa shape index (κ1) is 20.1. The van der Waals surface area contributed by atoms with Gasteiger partial charge in [-0.3, -0.25) is 0 Å². The number of amides is 2. The van der Waals surface area contributed by atoms with Gasteiger partial charge in [0.25, 0.3) is 0 Å². The highest BCUT2D eigenvalue weighted by molar-refractivity contribution is 5.82. The van der Waals surface area contributed by atoms with Crippen LogP contribution in [0.15, 0.2) is 66.7 Å². The second-order valence-electron chi connectivity index (χ2n) is 8.27. The SMILES string of the molecule is Cc1nc2ccc(-c3ccc4c(c3)CN(C(=O)N(C)Cc3ccccc3)CCO4)cc2[nH]1. The second kappa shape index (κ2) is 8.38. The smallest absolute Gasteiger partial charge is 0.320 e. The van der Waals surface area contributed by atoms with E-state index >= 15 is 0 Å². The number of hydrogen-bond donors (Lipinski definition) is 1. The molecule has 0 spiro atoms. The van der Waals surface area contributed by atoms with Crippen molar-refractivity contribution in [2.75, 3.05) is 20.2 Å². The molecule has 0 saturated carbocycles. The lowest BCUT2D eigenvalue weighted by Crippen LogP contribution is -2.41. The molecule has 0 bridgehead atoms. The summed E-state index contributed by atoms with van der Waals surface area (Å²) < 4.78 is 5.96. The van der Waals surface area contributed by atoms with Gasteiger partial charge in [-0.25, -0.2) is 9.78 Å². The van der Waals surface area contributed by atoms with Gasteiger partial charge >= 0.3 is 6.03 Å². The molecule has 0 atom stereocenters. The Morgan fingerprint density at radius 3 is 2.72 bits per heavy atom. The molecule has 1 aliphatic rings. The Kier molecular flexibility index (Phi) is 5.27. The molecule has 162 valence electrons. The number of nitrogens with one attached hydrogen (secondary N) is 1. The molecule has 0 saturated heterocycles. The van der Waals surface area contributed by atoms with Crippen molar-refractivity contribution in [2.24, 2.45) is 0 Å². The van der Waals surface area contributed by atoms with E-state index in [1.54, 1.807) is 4.90 Å². The number of aromatic nitrogens is 2. The fourth-order valence-corrected chi connectivity index (χ4v) is 4.22. The topological polar surface area (TPSA) is 61.5 Å². The summed E-state index contributed by atoms with van der Waals surface area (Å²) in [6.07, 6.45) is 0. The summed E-state index contributed by atoms with van der Waals surface area (Å²) in [5, 5.41) is 0. The van der Waals surface area contributed by atoms with Crippen LogP contribution in [-0.4, -0.2) is 46.0 Å². The molecular formula is C26H26N4O2. The number of H-pyrrole nitrogens is 1. The van der Waals surface area contributed by atoms with Crippen LogP contribution in [0.4, 0.5) is 4.79 Å². The molecule has 1 N–H and O–H groups in total. The number of rotatable bonds is 3. The molecule has 4 aromatic rings. The molecule has 0 aliphatic carbocycles. The predicted octanol–water partition coefficient (Wildman–Crippen LogP) is 4.98. The van der Waals surface area contributed by atoms with Crippen LogP contribution >= 0.6 is 0 Å². The zero-order valence-corrected chi connectivity index (χ0v) is 18.3. The molecule has 32 heavy (non-hydrogen) atoms. The van der Waals surface area contributed by atoms with Gasteiger partial charge in [0, 0.05) is 19.2 Å². The fraction of sp³-hybridized carbons (Fsp3) is 0.231. The first-order chi connectivity index (χ1) is 15.6. The van der Waals surface area contributed by atoms with Crippen LogP contribution in [0.25, 0.3) is 22.2 Å². The Morgan fingerprint density at radius 2 is 1.88 bits per heavy atom. The molecule has 2 heterocycles. The number of imidazole rings is 1. The van der Waals surface area contributed by atoms with E-state index < -0.39 is 0 Å². The summed E-state index contributed by atoms with van der Waals surface area (Å²) in [6, 6.07) is 22.5. The number of benzene rings is 3. The number of carbonyl (C=O) groups excluding carboxylic acids is 1. The summed E-state index contributed by atoms with van der Waals surface area (Å²) in [6.45, 7) is 4.10. The van der Waals surface area contributed by atoms with E-state index in [1.165, 1.54) is 0 Å². The number of urea groups is 1. The van der Waals surface area contributed by atoms with Gasteiger partial charge in [0.1, 0.15) is 18.2 Å². The number of carbonyl (C=O) groups is 1. The maximum Gasteiger partial charge on any atom is 0.320 e. The van der Waals surface area contributed by atoms with Gasteiger partial charge in [-0.1, -0.05) is 42.5 Å². The minimum Gasteiger partial charge on any atom is -0.491 e. The zero-order chi connectivity index (χ0) is 22.1. The van der Waals surface area contributed by atoms with Crippen molar-refractivity contribution in [3.05, 3.63) is 83.7 Å². The minimum absolute atomic E-state index is 0.00469. The summed E-state index contributed by atoms with van der Waals surface area (Å²) in [5.41, 5.74) is 6.30. The Bertz CT molecular complexity index is 1270. The van der Waals surface area contributed by atoms with Crippen LogP contribution in [0.3, 0.4) is 0 Å². The van der Waals surface area contributed by atoms with Crippen LogP contribution in [0.2, 0.25) is 0 Å². The summed E-state index contributed by atoms with van der Waals surface area (Å²) in [7, 11) is 1.85. The van der Waals surface area contributed by atoms with E-state index in [2.05, 4.69) is 34.2 Å². The Hall–Kier alpha value is -3.80. The highest BCUT2D eigenvalue weighted by atomic mass is 16.5. The quantitative estimate of drug-likeness (QED) is 0.502. The molecule has 3 aromatic carbocycles. The normalized spacial score (nSPS) is 13.4. The van der Waals surface area contributed by atoms with E-state index in [-0.39, 0.29) is 6.03 Å². The van der Waals surface area contributed by atoms with Crippen molar-refractivity contribution in [3.63, 3.8) is 0 Å². The van der Waals surface area contributed by atoms with Gasteiger partial charge in [0.15, 0.2) is 0 Å². The zero-order valence-electron chi connectivity index (χ0n) is 18.3. The largest absolute Gasteiger partial charge is 0.491 e. The molecule has 5 rings (SSSR count). The van der Waals surface area contributed by atoms with Gasteiger partial charge in [-0.05, 0) is 47.9 Å². The summed E-state index contributed by atoms with van der Waals surface area (Å²) in [5.74, 6) is 1.74. The predicted molar refractivity (Wildman–Crippen MR) is 125 cm³/mol. The number of hydrogen-bond acceptors (Lipinski definition) is 3. The van der Waals surface area contributed by atoms with E-state index in [4.69, 9.17) is 4.74 Å². The number of ether oxygens (including phenoxy) is 1. The van der Waals surface area contributed by atoms with Gasteiger partial charge in [-0.2, -0.15) is 0 Å². The van der Waals surface area contributed by atoms with Crippen LogP contribution < -0.4 is 4.74 Å². The molecule has 2 amide bonds. The van der Waals surface area contributed by atoms with Crippen LogP contribution in [0, 0.1) is 6.92 Å². The third-order valence-corrected chi connectivity index (χ3v) is 5.83. The van der Waals surface area contributed by atoms with Crippen molar-refractivity contribution in [1.82, 2.24) is 19.8 Å². The van der Waals surface area contributed by atoms with Crippen molar-refractivity contribution in [1.29, 1.82) is 0 Å². The second-order valence-corrected chi connectivity index (χ2v) is 8.27. The van der Waals surface area contributed by atoms with E-state index in [1.807, 2.05) is 61.3 Å². The fourth-order valence-electron chi connectivity index (χ4n) is 4.22. The maximum absolute atomic E-state index is 13.2. The third kappa shape index (κ3) is 4.04. The molecule has 0 unspecified atom stereocenters. The van der Waals surface area contributed by atoms with Gasteiger partial charge in [-0.15, -0.1) is 0 Å². The number of nitrogens with zero attached hydrogens (tertiary/aromatic N) is 3. The monoisotopic (exact) mass is 426 g/mol. The number of fused-ring (bicyclic) bond motifs is 2. The maximum atomic E-state index is 13.2. The van der Waals surface area contributed by atoms with Crippen LogP contribution in [-0.2, 0) is 13.1 Å². The standard InChI is InChI=1S/C26H26N4O2/c1-18-27-23-10-8-21(15-24(23)28-18)20-9-11-25-22(14-20)17-30(12-13-32-25)26(31)29(2)16-19-6-4-3-5-7-19/h3-11,14-15H,12-13,16-17H2,1-2H3,(H,27,28). The Labute approximate surface area is 187 Å². The molecular weight excluding hydrogens is 400 g/mol. The van der Waals surface area contributed by atoms with Gasteiger partial charge < -0.3 is 19.5 Å². The van der Waals surface area contributed by atoms with E-state index in [0.29, 0.717) is 26.2 Å².